The van der Waals surface area contributed by atoms with Crippen molar-refractivity contribution in [2.45, 2.75) is 0 Å². The molecule has 13 heavy (non-hydrogen) atoms. The largest absolute Gasteiger partial charge is 0.358 e. The molecule has 1 aliphatic rings. The van der Waals surface area contributed by atoms with Crippen molar-refractivity contribution in [1.82, 2.24) is 5.32 Å². The summed E-state index contributed by atoms with van der Waals surface area (Å²) in [6.45, 7) is 0. The predicted molar refractivity (Wildman–Crippen MR) is 42.4 cm³/mol. The molecule has 1 rings (SSSR count). The third-order valence-electron chi connectivity index (χ3n) is 1.30. The lowest BCUT2D eigenvalue weighted by Gasteiger charge is -1.94. The van der Waals surface area contributed by atoms with Crippen LogP contribution in [0.5, 0.6) is 0 Å². The predicted octanol–water partition coefficient (Wildman–Crippen LogP) is 0.382. The number of rotatable bonds is 2. The van der Waals surface area contributed by atoms with Crippen LogP contribution in [0.25, 0.3) is 0 Å². The van der Waals surface area contributed by atoms with Gasteiger partial charge in [-0.3, -0.25) is 10.1 Å². The number of nitro groups is 2. The van der Waals surface area contributed by atoms with Crippen LogP contribution in [-0.4, -0.2) is 9.85 Å². The molecule has 0 atom stereocenters. The van der Waals surface area contributed by atoms with E-state index in [2.05, 4.69) is 5.32 Å². The molecule has 68 valence electrons. The average molecular weight is 183 g/mol. The maximum atomic E-state index is 10.2. The quantitative estimate of drug-likeness (QED) is 0.492. The first-order valence-electron chi connectivity index (χ1n) is 3.25. The molecule has 1 heterocycles. The molecule has 0 amide bonds. The van der Waals surface area contributed by atoms with Crippen LogP contribution in [0, 0.1) is 20.2 Å². The molecule has 0 aromatic rings. The van der Waals surface area contributed by atoms with Gasteiger partial charge in [0.15, 0.2) is 0 Å². The molecule has 0 aromatic carbocycles. The van der Waals surface area contributed by atoms with Crippen molar-refractivity contribution in [2.75, 3.05) is 0 Å². The van der Waals surface area contributed by atoms with Crippen LogP contribution in [0.2, 0.25) is 0 Å². The molecule has 1 N–H and O–H groups in total. The van der Waals surface area contributed by atoms with Crippen LogP contribution in [0.3, 0.4) is 0 Å². The van der Waals surface area contributed by atoms with Gasteiger partial charge >= 0.3 is 5.82 Å². The zero-order chi connectivity index (χ0) is 9.84. The van der Waals surface area contributed by atoms with Crippen molar-refractivity contribution < 1.29 is 9.85 Å². The highest BCUT2D eigenvalue weighted by Gasteiger charge is 2.12. The fourth-order valence-electron chi connectivity index (χ4n) is 0.716. The molecule has 0 radical (unpaired) electrons. The minimum Gasteiger partial charge on any atom is -0.358 e. The second kappa shape index (κ2) is 3.48. The van der Waals surface area contributed by atoms with E-state index in [1.807, 2.05) is 0 Å². The molecule has 1 aliphatic heterocycles. The van der Waals surface area contributed by atoms with E-state index in [1.54, 1.807) is 0 Å². The molecule has 7 nitrogen and oxygen atoms in total. The Bertz CT molecular complexity index is 342. The maximum absolute atomic E-state index is 10.2. The third kappa shape index (κ3) is 2.12. The van der Waals surface area contributed by atoms with Crippen molar-refractivity contribution in [3.63, 3.8) is 0 Å². The van der Waals surface area contributed by atoms with Gasteiger partial charge in [0.25, 0.3) is 5.70 Å². The number of hydrogen-bond acceptors (Lipinski definition) is 5. The summed E-state index contributed by atoms with van der Waals surface area (Å²) < 4.78 is 0. The normalized spacial score (nSPS) is 15.1. The summed E-state index contributed by atoms with van der Waals surface area (Å²) in [5.41, 5.74) is -0.204. The van der Waals surface area contributed by atoms with Gasteiger partial charge in [-0.15, -0.1) is 0 Å². The Morgan fingerprint density at radius 3 is 2.38 bits per heavy atom. The summed E-state index contributed by atoms with van der Waals surface area (Å²) in [6, 6.07) is 0. The number of nitrogens with zero attached hydrogens (tertiary/aromatic N) is 2. The van der Waals surface area contributed by atoms with Crippen molar-refractivity contribution in [1.29, 1.82) is 0 Å². The van der Waals surface area contributed by atoms with Crippen LogP contribution < -0.4 is 5.32 Å². The standard InChI is InChI=1S/C6H5N3O4/c10-8(11)5-1-2-6(9(12)13)7-4-3-5/h1-4,7H. The molecular weight excluding hydrogens is 178 g/mol. The second-order valence-corrected chi connectivity index (χ2v) is 2.14. The van der Waals surface area contributed by atoms with E-state index in [4.69, 9.17) is 0 Å². The Kier molecular flexibility index (Phi) is 2.38. The molecular formula is C6H5N3O4. The molecule has 0 unspecified atom stereocenters. The number of nitrogens with one attached hydrogen (secondary N) is 1. The Morgan fingerprint density at radius 2 is 1.85 bits per heavy atom. The van der Waals surface area contributed by atoms with Crippen molar-refractivity contribution in [3.8, 4) is 0 Å². The first-order chi connectivity index (χ1) is 6.11. The fraction of sp³-hybridized carbons (Fsp3) is 0. The minimum atomic E-state index is -0.663. The van der Waals surface area contributed by atoms with Crippen LogP contribution in [0.1, 0.15) is 0 Å². The molecule has 0 spiro atoms. The molecule has 0 saturated heterocycles. The molecule has 0 saturated carbocycles. The topological polar surface area (TPSA) is 98.3 Å². The highest BCUT2D eigenvalue weighted by Crippen LogP contribution is 2.04. The van der Waals surface area contributed by atoms with Crippen LogP contribution >= 0.6 is 0 Å². The summed E-state index contributed by atoms with van der Waals surface area (Å²) in [6.07, 6.45) is 4.40. The van der Waals surface area contributed by atoms with E-state index in [9.17, 15) is 20.2 Å². The summed E-state index contributed by atoms with van der Waals surface area (Å²) in [5, 5.41) is 22.8. The van der Waals surface area contributed by atoms with E-state index in [0.717, 1.165) is 24.4 Å². The molecule has 7 heteroatoms. The van der Waals surface area contributed by atoms with Gasteiger partial charge in [-0.25, -0.2) is 5.32 Å². The monoisotopic (exact) mass is 183 g/mol. The minimum absolute atomic E-state index is 0.204. The highest BCUT2D eigenvalue weighted by molar-refractivity contribution is 5.22. The lowest BCUT2D eigenvalue weighted by molar-refractivity contribution is -0.430. The van der Waals surface area contributed by atoms with E-state index < -0.39 is 9.85 Å². The number of allylic oxidation sites excluding steroid dienone is 3. The fourth-order valence-corrected chi connectivity index (χ4v) is 0.716. The maximum Gasteiger partial charge on any atom is 0.320 e. The van der Waals surface area contributed by atoms with Gasteiger partial charge in [-0.1, -0.05) is 0 Å². The first-order valence-corrected chi connectivity index (χ1v) is 3.25. The lowest BCUT2D eigenvalue weighted by atomic mass is 10.4. The third-order valence-corrected chi connectivity index (χ3v) is 1.30. The van der Waals surface area contributed by atoms with Gasteiger partial charge in [0.1, 0.15) is 0 Å². The van der Waals surface area contributed by atoms with Crippen LogP contribution in [0.4, 0.5) is 0 Å². The number of hydrogen-bond donors (Lipinski definition) is 1. The molecule has 0 aliphatic carbocycles. The summed E-state index contributed by atoms with van der Waals surface area (Å²) in [7, 11) is 0. The molecule has 0 fully saturated rings. The van der Waals surface area contributed by atoms with Gasteiger partial charge in [-0.2, -0.15) is 0 Å². The van der Waals surface area contributed by atoms with Gasteiger partial charge in [0, 0.05) is 12.2 Å². The summed E-state index contributed by atoms with van der Waals surface area (Å²) in [5.74, 6) is -0.298. The van der Waals surface area contributed by atoms with Crippen molar-refractivity contribution in [2.24, 2.45) is 0 Å². The van der Waals surface area contributed by atoms with E-state index in [1.165, 1.54) is 0 Å². The van der Waals surface area contributed by atoms with Crippen molar-refractivity contribution >= 4 is 0 Å². The summed E-state index contributed by atoms with van der Waals surface area (Å²) in [4.78, 5) is 19.2. The van der Waals surface area contributed by atoms with E-state index in [0.29, 0.717) is 0 Å². The Hall–Kier alpha value is -2.18. The van der Waals surface area contributed by atoms with Gasteiger partial charge in [-0.05, 0) is 4.92 Å². The van der Waals surface area contributed by atoms with Crippen LogP contribution in [-0.2, 0) is 0 Å². The van der Waals surface area contributed by atoms with Gasteiger partial charge in [0.05, 0.1) is 17.2 Å². The lowest BCUT2D eigenvalue weighted by Crippen LogP contribution is -2.12. The summed E-state index contributed by atoms with van der Waals surface area (Å²) >= 11 is 0. The average Bonchev–Trinajstić information content (AvgIpc) is 2.27. The first kappa shape index (κ1) is 8.91. The Morgan fingerprint density at radius 1 is 1.15 bits per heavy atom. The van der Waals surface area contributed by atoms with Gasteiger partial charge in [0.2, 0.25) is 0 Å². The zero-order valence-electron chi connectivity index (χ0n) is 6.34. The molecule has 0 bridgehead atoms. The highest BCUT2D eigenvalue weighted by atomic mass is 16.6. The Labute approximate surface area is 72.3 Å². The van der Waals surface area contributed by atoms with E-state index >= 15 is 0 Å². The van der Waals surface area contributed by atoms with E-state index in [-0.39, 0.29) is 11.5 Å². The molecule has 0 aromatic heterocycles. The van der Waals surface area contributed by atoms with Crippen molar-refractivity contribution in [3.05, 3.63) is 56.2 Å². The zero-order valence-corrected chi connectivity index (χ0v) is 6.34. The second-order valence-electron chi connectivity index (χ2n) is 2.14. The SMILES string of the molecule is O=[N+]([O-])C1=CC=C([N+](=O)[O-])NC=C1. The van der Waals surface area contributed by atoms with Crippen LogP contribution in [0.15, 0.2) is 35.9 Å². The Balaban J connectivity index is 2.95. The van der Waals surface area contributed by atoms with Gasteiger partial charge < -0.3 is 10.1 Å². The smallest absolute Gasteiger partial charge is 0.320 e.